The Hall–Kier alpha value is -1.93. The number of hydrogen-bond donors (Lipinski definition) is 2. The molecule has 0 fully saturated rings. The van der Waals surface area contributed by atoms with E-state index < -0.39 is 15.8 Å². The molecule has 8 heteroatoms. The maximum Gasteiger partial charge on any atom is 0.241 e. The molecule has 2 rings (SSSR count). The molecule has 1 aromatic heterocycles. The largest absolute Gasteiger partial charge is 0.396 e. The first-order valence-electron chi connectivity index (χ1n) is 4.93. The van der Waals surface area contributed by atoms with Gasteiger partial charge in [-0.1, -0.05) is 5.16 Å². The third kappa shape index (κ3) is 2.66. The van der Waals surface area contributed by atoms with Crippen molar-refractivity contribution in [3.05, 3.63) is 42.0 Å². The van der Waals surface area contributed by atoms with E-state index in [1.807, 2.05) is 0 Å². The van der Waals surface area contributed by atoms with Gasteiger partial charge in [0.1, 0.15) is 5.82 Å². The summed E-state index contributed by atoms with van der Waals surface area (Å²) in [6.45, 7) is -0.0612. The minimum atomic E-state index is -3.81. The minimum absolute atomic E-state index is 0.0612. The van der Waals surface area contributed by atoms with E-state index in [-0.39, 0.29) is 17.1 Å². The van der Waals surface area contributed by atoms with Crippen molar-refractivity contribution in [2.45, 2.75) is 11.4 Å². The Morgan fingerprint density at radius 2 is 2.17 bits per heavy atom. The first-order valence-corrected chi connectivity index (χ1v) is 6.41. The minimum Gasteiger partial charge on any atom is -0.396 e. The van der Waals surface area contributed by atoms with Crippen LogP contribution in [0.2, 0.25) is 0 Å². The van der Waals surface area contributed by atoms with Crippen molar-refractivity contribution in [3.63, 3.8) is 0 Å². The van der Waals surface area contributed by atoms with Crippen LogP contribution in [0.25, 0.3) is 0 Å². The van der Waals surface area contributed by atoms with E-state index in [2.05, 4.69) is 9.88 Å². The Morgan fingerprint density at radius 1 is 1.39 bits per heavy atom. The molecule has 0 saturated heterocycles. The zero-order valence-electron chi connectivity index (χ0n) is 9.13. The number of sulfonamides is 1. The second kappa shape index (κ2) is 4.75. The fraction of sp³-hybridized carbons (Fsp3) is 0.100. The Kier molecular flexibility index (Phi) is 3.30. The molecule has 3 N–H and O–H groups in total. The Morgan fingerprint density at radius 3 is 2.78 bits per heavy atom. The highest BCUT2D eigenvalue weighted by Gasteiger charge is 2.16. The zero-order chi connectivity index (χ0) is 13.2. The average Bonchev–Trinajstić information content (AvgIpc) is 2.83. The van der Waals surface area contributed by atoms with Crippen LogP contribution in [0, 0.1) is 5.82 Å². The predicted molar refractivity (Wildman–Crippen MR) is 61.3 cm³/mol. The highest BCUT2D eigenvalue weighted by molar-refractivity contribution is 7.89. The Bertz CT molecular complexity index is 640. The number of nitrogens with two attached hydrogens (primary N) is 1. The quantitative estimate of drug-likeness (QED) is 0.804. The smallest absolute Gasteiger partial charge is 0.241 e. The number of nitrogen functional groups attached to an aromatic ring is 1. The molecule has 0 aliphatic heterocycles. The summed E-state index contributed by atoms with van der Waals surface area (Å²) in [7, 11) is -3.81. The van der Waals surface area contributed by atoms with Gasteiger partial charge >= 0.3 is 0 Å². The summed E-state index contributed by atoms with van der Waals surface area (Å²) in [4.78, 5) is -0.200. The number of hydrogen-bond acceptors (Lipinski definition) is 5. The molecule has 0 unspecified atom stereocenters. The molecule has 0 atom stereocenters. The molecule has 1 aromatic carbocycles. The van der Waals surface area contributed by atoms with Crippen LogP contribution in [-0.4, -0.2) is 13.6 Å². The Balaban J connectivity index is 2.17. The topological polar surface area (TPSA) is 98.2 Å². The van der Waals surface area contributed by atoms with Gasteiger partial charge in [0.05, 0.1) is 23.3 Å². The number of aromatic nitrogens is 1. The molecule has 0 aliphatic carbocycles. The summed E-state index contributed by atoms with van der Waals surface area (Å²) in [5.74, 6) is -0.424. The van der Waals surface area contributed by atoms with Crippen molar-refractivity contribution in [3.8, 4) is 0 Å². The SMILES string of the molecule is Nc1ccc(S(=O)(=O)NCc2ccno2)cc1F. The number of benzene rings is 1. The van der Waals surface area contributed by atoms with Crippen molar-refractivity contribution in [2.24, 2.45) is 0 Å². The molecule has 18 heavy (non-hydrogen) atoms. The van der Waals surface area contributed by atoms with E-state index in [4.69, 9.17) is 10.3 Å². The van der Waals surface area contributed by atoms with E-state index in [0.29, 0.717) is 5.76 Å². The lowest BCUT2D eigenvalue weighted by atomic mass is 10.3. The number of halogens is 1. The van der Waals surface area contributed by atoms with E-state index in [1.54, 1.807) is 0 Å². The molecule has 2 aromatic rings. The summed E-state index contributed by atoms with van der Waals surface area (Å²) in [6.07, 6.45) is 1.40. The van der Waals surface area contributed by atoms with Gasteiger partial charge in [0.2, 0.25) is 10.0 Å². The summed E-state index contributed by atoms with van der Waals surface area (Å²) in [6, 6.07) is 4.80. The van der Waals surface area contributed by atoms with Crippen LogP contribution in [0.15, 0.2) is 39.9 Å². The first-order chi connectivity index (χ1) is 8.49. The summed E-state index contributed by atoms with van der Waals surface area (Å²) >= 11 is 0. The lowest BCUT2D eigenvalue weighted by molar-refractivity contribution is 0.380. The van der Waals surface area contributed by atoms with Crippen LogP contribution in [0.5, 0.6) is 0 Å². The van der Waals surface area contributed by atoms with Crippen LogP contribution in [0.1, 0.15) is 5.76 Å². The third-order valence-electron chi connectivity index (χ3n) is 2.21. The average molecular weight is 271 g/mol. The molecule has 0 aliphatic rings. The molecule has 0 bridgehead atoms. The highest BCUT2D eigenvalue weighted by atomic mass is 32.2. The van der Waals surface area contributed by atoms with Crippen molar-refractivity contribution in [1.29, 1.82) is 0 Å². The molecular weight excluding hydrogens is 261 g/mol. The van der Waals surface area contributed by atoms with Crippen molar-refractivity contribution < 1.29 is 17.3 Å². The maximum atomic E-state index is 13.2. The fourth-order valence-corrected chi connectivity index (χ4v) is 2.26. The molecule has 0 saturated carbocycles. The predicted octanol–water partition coefficient (Wildman–Crippen LogP) is 0.874. The number of rotatable bonds is 4. The summed E-state index contributed by atoms with van der Waals surface area (Å²) < 4.78 is 43.8. The number of anilines is 1. The van der Waals surface area contributed by atoms with E-state index in [1.165, 1.54) is 24.4 Å². The molecule has 0 amide bonds. The van der Waals surface area contributed by atoms with E-state index in [9.17, 15) is 12.8 Å². The monoisotopic (exact) mass is 271 g/mol. The van der Waals surface area contributed by atoms with Crippen LogP contribution in [-0.2, 0) is 16.6 Å². The molecule has 0 spiro atoms. The van der Waals surface area contributed by atoms with Gasteiger partial charge in [0.25, 0.3) is 0 Å². The number of nitrogens with one attached hydrogen (secondary N) is 1. The fourth-order valence-electron chi connectivity index (χ4n) is 1.26. The molecular formula is C10H10FN3O3S. The third-order valence-corrected chi connectivity index (χ3v) is 3.61. The zero-order valence-corrected chi connectivity index (χ0v) is 9.95. The summed E-state index contributed by atoms with van der Waals surface area (Å²) in [5, 5.41) is 3.43. The van der Waals surface area contributed by atoms with Crippen LogP contribution < -0.4 is 10.5 Å². The van der Waals surface area contributed by atoms with Crippen molar-refractivity contribution >= 4 is 15.7 Å². The van der Waals surface area contributed by atoms with Gasteiger partial charge in [0.15, 0.2) is 5.76 Å². The lowest BCUT2D eigenvalue weighted by Crippen LogP contribution is -2.23. The Labute approximate surface area is 103 Å². The van der Waals surface area contributed by atoms with E-state index in [0.717, 1.165) is 6.07 Å². The van der Waals surface area contributed by atoms with E-state index >= 15 is 0 Å². The normalized spacial score (nSPS) is 11.6. The van der Waals surface area contributed by atoms with Crippen molar-refractivity contribution in [1.82, 2.24) is 9.88 Å². The van der Waals surface area contributed by atoms with Crippen LogP contribution in [0.3, 0.4) is 0 Å². The number of nitrogens with zero attached hydrogens (tertiary/aromatic N) is 1. The van der Waals surface area contributed by atoms with Crippen molar-refractivity contribution in [2.75, 3.05) is 5.73 Å². The molecule has 96 valence electrons. The van der Waals surface area contributed by atoms with Gasteiger partial charge in [-0.05, 0) is 18.2 Å². The molecule has 1 heterocycles. The standard InChI is InChI=1S/C10H10FN3O3S/c11-9-5-8(1-2-10(9)12)18(15,16)14-6-7-3-4-13-17-7/h1-5,14H,6,12H2. The van der Waals surface area contributed by atoms with Crippen LogP contribution in [0.4, 0.5) is 10.1 Å². The summed E-state index contributed by atoms with van der Waals surface area (Å²) in [5.41, 5.74) is 5.16. The maximum absolute atomic E-state index is 13.2. The highest BCUT2D eigenvalue weighted by Crippen LogP contribution is 2.16. The molecule has 0 radical (unpaired) electrons. The second-order valence-corrected chi connectivity index (χ2v) is 5.25. The van der Waals surface area contributed by atoms with Gasteiger partial charge < -0.3 is 10.3 Å². The van der Waals surface area contributed by atoms with Gasteiger partial charge in [-0.3, -0.25) is 0 Å². The van der Waals surface area contributed by atoms with Gasteiger partial charge in [-0.2, -0.15) is 0 Å². The van der Waals surface area contributed by atoms with Crippen LogP contribution >= 0.6 is 0 Å². The van der Waals surface area contributed by atoms with Gasteiger partial charge in [-0.15, -0.1) is 0 Å². The lowest BCUT2D eigenvalue weighted by Gasteiger charge is -2.05. The second-order valence-electron chi connectivity index (χ2n) is 3.49. The van der Waals surface area contributed by atoms with Gasteiger partial charge in [0, 0.05) is 6.07 Å². The van der Waals surface area contributed by atoms with Gasteiger partial charge in [-0.25, -0.2) is 17.5 Å². The molecule has 6 nitrogen and oxygen atoms in total. The first kappa shape index (κ1) is 12.5.